The molecule has 0 unspecified atom stereocenters. The van der Waals surface area contributed by atoms with Crippen LogP contribution < -0.4 is 0 Å². The van der Waals surface area contributed by atoms with Crippen LogP contribution in [0, 0.1) is 22.9 Å². The van der Waals surface area contributed by atoms with E-state index in [9.17, 15) is 0 Å². The van der Waals surface area contributed by atoms with Gasteiger partial charge in [-0.1, -0.05) is 104 Å². The molecule has 0 fully saturated rings. The fourth-order valence-corrected chi connectivity index (χ4v) is 15.1. The molecule has 0 aliphatic rings. The topological polar surface area (TPSA) is 0 Å². The monoisotopic (exact) mass is 634 g/mol. The zero-order chi connectivity index (χ0) is 33.2. The molecule has 0 spiro atoms. The van der Waals surface area contributed by atoms with Crippen molar-refractivity contribution in [3.63, 3.8) is 0 Å². The highest BCUT2D eigenvalue weighted by Crippen LogP contribution is 2.38. The molecule has 0 heterocycles. The van der Waals surface area contributed by atoms with E-state index in [0.29, 0.717) is 22.2 Å². The molecule has 0 nitrogen and oxygen atoms in total. The van der Waals surface area contributed by atoms with Crippen LogP contribution in [-0.4, -0.2) is 16.1 Å². The lowest BCUT2D eigenvalue weighted by molar-refractivity contribution is 0.909. The predicted molar refractivity (Wildman–Crippen MR) is 212 cm³/mol. The van der Waals surface area contributed by atoms with Crippen molar-refractivity contribution in [2.75, 3.05) is 0 Å². The molecular formula is C44H50Si2. The molecule has 5 aromatic rings. The first-order valence-electron chi connectivity index (χ1n) is 17.1. The highest BCUT2D eigenvalue weighted by Gasteiger charge is 2.38. The van der Waals surface area contributed by atoms with Crippen LogP contribution in [0.15, 0.2) is 98.1 Å². The summed E-state index contributed by atoms with van der Waals surface area (Å²) in [5.74, 6) is 7.52. The summed E-state index contributed by atoms with van der Waals surface area (Å²) in [6.07, 6.45) is 4.20. The molecule has 0 radical (unpaired) electrons. The van der Waals surface area contributed by atoms with Crippen molar-refractivity contribution in [1.82, 2.24) is 0 Å². The quantitative estimate of drug-likeness (QED) is 0.0689. The van der Waals surface area contributed by atoms with Gasteiger partial charge < -0.3 is 0 Å². The molecule has 0 aliphatic carbocycles. The Balaban J connectivity index is 1.80. The summed E-state index contributed by atoms with van der Waals surface area (Å²) in [5.41, 5.74) is 12.2. The van der Waals surface area contributed by atoms with E-state index in [2.05, 4.69) is 176 Å². The van der Waals surface area contributed by atoms with Crippen molar-refractivity contribution in [2.24, 2.45) is 0 Å². The molecule has 0 saturated heterocycles. The molecule has 0 atom stereocenters. The maximum atomic E-state index is 4.14. The number of allylic oxidation sites excluding steroid dienone is 2. The van der Waals surface area contributed by atoms with Gasteiger partial charge in [-0.15, -0.1) is 24.2 Å². The SMILES string of the molecule is C=CC[Si](C#Cc1cc(C#C[Si](CC=C)(C(C)C)C(C)C)c2cc3cc4cc5ccccc5cc4cc3cc2c1)(C(C)C)C(C)C. The Bertz CT molecular complexity index is 2050. The lowest BCUT2D eigenvalue weighted by Crippen LogP contribution is -2.39. The third-order valence-corrected chi connectivity index (χ3v) is 22.0. The molecule has 0 aliphatic heterocycles. The molecule has 5 aromatic carbocycles. The van der Waals surface area contributed by atoms with E-state index < -0.39 is 16.1 Å². The number of benzene rings is 5. The summed E-state index contributed by atoms with van der Waals surface area (Å²) in [7, 11) is -3.89. The van der Waals surface area contributed by atoms with Crippen LogP contribution in [0.2, 0.25) is 34.3 Å². The second-order valence-corrected chi connectivity index (χ2v) is 24.6. The van der Waals surface area contributed by atoms with Crippen molar-refractivity contribution in [3.05, 3.63) is 109 Å². The first kappa shape index (κ1) is 33.5. The van der Waals surface area contributed by atoms with Gasteiger partial charge in [0, 0.05) is 11.1 Å². The molecule has 234 valence electrons. The van der Waals surface area contributed by atoms with Gasteiger partial charge in [-0.2, -0.15) is 0 Å². The van der Waals surface area contributed by atoms with Gasteiger partial charge in [0.2, 0.25) is 0 Å². The molecule has 5 rings (SSSR count). The van der Waals surface area contributed by atoms with Crippen molar-refractivity contribution in [3.8, 4) is 22.9 Å². The Hall–Kier alpha value is -3.83. The second-order valence-electron chi connectivity index (χ2n) is 14.5. The highest BCUT2D eigenvalue weighted by molar-refractivity contribution is 6.90. The summed E-state index contributed by atoms with van der Waals surface area (Å²) in [5, 5.41) is 9.99. The molecule has 46 heavy (non-hydrogen) atoms. The minimum atomic E-state index is -1.96. The summed E-state index contributed by atoms with van der Waals surface area (Å²) in [4.78, 5) is 0. The molecule has 0 aromatic heterocycles. The fourth-order valence-electron chi connectivity index (χ4n) is 7.54. The third kappa shape index (κ3) is 6.27. The molecule has 0 amide bonds. The molecular weight excluding hydrogens is 585 g/mol. The van der Waals surface area contributed by atoms with Gasteiger partial charge in [-0.3, -0.25) is 0 Å². The minimum Gasteiger partial charge on any atom is -0.125 e. The van der Waals surface area contributed by atoms with Gasteiger partial charge in [0.15, 0.2) is 0 Å². The Labute approximate surface area is 280 Å². The van der Waals surface area contributed by atoms with E-state index >= 15 is 0 Å². The van der Waals surface area contributed by atoms with Crippen LogP contribution in [0.5, 0.6) is 0 Å². The van der Waals surface area contributed by atoms with E-state index in [-0.39, 0.29) is 0 Å². The van der Waals surface area contributed by atoms with Gasteiger partial charge in [0.1, 0.15) is 16.1 Å². The lowest BCUT2D eigenvalue weighted by atomic mass is 9.95. The van der Waals surface area contributed by atoms with E-state index in [1.165, 1.54) is 43.1 Å². The molecule has 2 heteroatoms. The van der Waals surface area contributed by atoms with Crippen LogP contribution in [0.1, 0.15) is 66.5 Å². The van der Waals surface area contributed by atoms with Gasteiger partial charge >= 0.3 is 0 Å². The van der Waals surface area contributed by atoms with Crippen LogP contribution in [0.4, 0.5) is 0 Å². The summed E-state index contributed by atoms with van der Waals surface area (Å²) < 4.78 is 0. The fraction of sp³-hybridized carbons (Fsp3) is 0.318. The van der Waals surface area contributed by atoms with E-state index in [0.717, 1.165) is 23.2 Å². The minimum absolute atomic E-state index is 0.539. The summed E-state index contributed by atoms with van der Waals surface area (Å²) in [6.45, 7) is 27.1. The van der Waals surface area contributed by atoms with Gasteiger partial charge in [0.05, 0.1) is 0 Å². The average molecular weight is 635 g/mol. The van der Waals surface area contributed by atoms with E-state index in [1.807, 2.05) is 0 Å². The molecule has 0 N–H and O–H groups in total. The van der Waals surface area contributed by atoms with E-state index in [1.54, 1.807) is 0 Å². The standard InChI is InChI=1S/C44H50Si2/c1-11-19-45(31(3)4,32(5)6)21-17-35-23-38(18-22-46(20-12-2,33(7)8)34(9)10)44-30-42-28-40-26-37-16-14-13-15-36(37)25-39(40)27-41(42)29-43(44)24-35/h11-16,23-34H,1-2,19-20H2,3-10H3. The van der Waals surface area contributed by atoms with Crippen molar-refractivity contribution < 1.29 is 0 Å². The predicted octanol–water partition coefficient (Wildman–Crippen LogP) is 13.0. The number of hydrogen-bond donors (Lipinski definition) is 0. The summed E-state index contributed by atoms with van der Waals surface area (Å²) >= 11 is 0. The average Bonchev–Trinajstić information content (AvgIpc) is 3.01. The van der Waals surface area contributed by atoms with Crippen molar-refractivity contribution >= 4 is 59.2 Å². The van der Waals surface area contributed by atoms with Gasteiger partial charge in [-0.25, -0.2) is 0 Å². The largest absolute Gasteiger partial charge is 0.147 e. The zero-order valence-electron chi connectivity index (χ0n) is 29.2. The second kappa shape index (κ2) is 13.5. The Kier molecular flexibility index (Phi) is 9.84. The zero-order valence-corrected chi connectivity index (χ0v) is 31.2. The number of hydrogen-bond acceptors (Lipinski definition) is 0. The van der Waals surface area contributed by atoms with Crippen LogP contribution in [0.25, 0.3) is 43.1 Å². The van der Waals surface area contributed by atoms with E-state index in [4.69, 9.17) is 0 Å². The Morgan fingerprint density at radius 3 is 1.39 bits per heavy atom. The van der Waals surface area contributed by atoms with Crippen LogP contribution in [-0.2, 0) is 0 Å². The van der Waals surface area contributed by atoms with Crippen LogP contribution >= 0.6 is 0 Å². The van der Waals surface area contributed by atoms with Crippen molar-refractivity contribution in [1.29, 1.82) is 0 Å². The third-order valence-electron chi connectivity index (χ3n) is 10.7. The first-order chi connectivity index (χ1) is 21.9. The Morgan fingerprint density at radius 2 is 0.935 bits per heavy atom. The number of fused-ring (bicyclic) bond motifs is 4. The molecule has 0 bridgehead atoms. The highest BCUT2D eigenvalue weighted by atomic mass is 28.3. The van der Waals surface area contributed by atoms with Crippen molar-refractivity contribution in [2.45, 2.75) is 89.6 Å². The van der Waals surface area contributed by atoms with Gasteiger partial charge in [0.25, 0.3) is 0 Å². The first-order valence-corrected chi connectivity index (χ1v) is 21.8. The van der Waals surface area contributed by atoms with Crippen LogP contribution in [0.3, 0.4) is 0 Å². The van der Waals surface area contributed by atoms with Gasteiger partial charge in [-0.05, 0) is 126 Å². The lowest BCUT2D eigenvalue weighted by Gasteiger charge is -2.33. The maximum absolute atomic E-state index is 4.14. The smallest absolute Gasteiger partial charge is 0.125 e. The molecule has 0 saturated carbocycles. The maximum Gasteiger partial charge on any atom is 0.147 e. The Morgan fingerprint density at radius 1 is 0.522 bits per heavy atom. The number of rotatable bonds is 8. The normalized spacial score (nSPS) is 12.3. The summed E-state index contributed by atoms with van der Waals surface area (Å²) in [6, 6.07) is 29.3.